The van der Waals surface area contributed by atoms with Crippen LogP contribution in [0.5, 0.6) is 0 Å². The fraction of sp³-hybridized carbons (Fsp3) is 1.00. The van der Waals surface area contributed by atoms with Crippen LogP contribution in [-0.4, -0.2) is 135 Å². The molecule has 16 rings (SSSR count). The van der Waals surface area contributed by atoms with E-state index in [-0.39, 0.29) is 0 Å². The van der Waals surface area contributed by atoms with Crippen LogP contribution in [0, 0.1) is 101 Å². The van der Waals surface area contributed by atoms with Crippen LogP contribution in [0.15, 0.2) is 0 Å². The minimum atomic E-state index is 0.563. The maximum absolute atomic E-state index is 7.40. The van der Waals surface area contributed by atoms with Crippen molar-refractivity contribution < 1.29 is 4.74 Å². The zero-order valence-electron chi connectivity index (χ0n) is 51.6. The van der Waals surface area contributed by atoms with E-state index in [0.717, 1.165) is 163 Å². The third-order valence-electron chi connectivity index (χ3n) is 30.1. The molecule has 6 saturated heterocycles. The Hall–Kier alpha value is -0.360. The Kier molecular flexibility index (Phi) is 17.2. The highest BCUT2D eigenvalue weighted by molar-refractivity contribution is 5.13. The van der Waals surface area contributed by atoms with Crippen LogP contribution in [0.1, 0.15) is 225 Å². The summed E-state index contributed by atoms with van der Waals surface area (Å²) in [7, 11) is 0. The molecule has 16 fully saturated rings. The number of hydrogen-bond acceptors (Lipinski definition) is 9. The average Bonchev–Trinajstić information content (AvgIpc) is 4.37. The van der Waals surface area contributed by atoms with Crippen molar-refractivity contribution >= 4 is 0 Å². The molecule has 0 amide bonds. The predicted octanol–water partition coefficient (Wildman–Crippen LogP) is 11.5. The predicted molar refractivity (Wildman–Crippen MR) is 330 cm³/mol. The largest absolute Gasteiger partial charge is 0.374 e. The van der Waals surface area contributed by atoms with Gasteiger partial charge in [0.2, 0.25) is 0 Å². The Morgan fingerprint density at radius 1 is 0.247 bits per heavy atom. The lowest BCUT2D eigenvalue weighted by Gasteiger charge is -2.48. The molecule has 6 N–H and O–H groups in total. The topological polar surface area (TPSA) is 87.9 Å². The molecule has 456 valence electrons. The number of nitrogens with zero attached hydrogens (tertiary/aromatic N) is 2. The molecule has 10 aliphatic carbocycles. The van der Waals surface area contributed by atoms with Gasteiger partial charge in [-0.25, -0.2) is 0 Å². The van der Waals surface area contributed by atoms with Crippen molar-refractivity contribution in [2.75, 3.05) is 58.9 Å². The number of rotatable bonds is 9. The van der Waals surface area contributed by atoms with Crippen molar-refractivity contribution in [2.24, 2.45) is 101 Å². The number of nitrogens with one attached hydrogen (secondary N) is 6. The first-order valence-electron chi connectivity index (χ1n) is 37.7. The fourth-order valence-corrected chi connectivity index (χ4v) is 26.9. The Morgan fingerprint density at radius 3 is 1.19 bits per heavy atom. The molecule has 6 heterocycles. The Balaban J connectivity index is 0.619. The van der Waals surface area contributed by atoms with E-state index in [2.05, 4.69) is 41.7 Å². The molecular formula is C72H122N8O. The Labute approximate surface area is 494 Å². The quantitative estimate of drug-likeness (QED) is 0.135. The third-order valence-corrected chi connectivity index (χ3v) is 30.1. The van der Waals surface area contributed by atoms with Crippen molar-refractivity contribution in [3.63, 3.8) is 0 Å². The van der Waals surface area contributed by atoms with Crippen LogP contribution >= 0.6 is 0 Å². The highest BCUT2D eigenvalue weighted by Crippen LogP contribution is 2.62. The molecule has 16 aliphatic rings. The standard InChI is InChI=1S/C72H122N8O/c1-2-11-52(12-3-1)79-67-23-18-47(37-58(67)60-39-49(19-25-68(60)79)54-13-4-6-15-56(54)65-43-74-30-33-77-65)48-21-27-71-62(38-48)63-41-53(22-28-72(63)81-71)80-69-24-17-46(45-9-8-10-51(35-45)64-42-73-29-32-76-64)36-59(69)61-40-50(20-26-70(61)80)55-14-5-7-16-57(55)66-44-75-31-34-78-66/h45-78H,1-44H2. The Bertz CT molecular complexity index is 2030. The van der Waals surface area contributed by atoms with E-state index in [0.29, 0.717) is 24.3 Å². The van der Waals surface area contributed by atoms with Gasteiger partial charge in [0.25, 0.3) is 0 Å². The van der Waals surface area contributed by atoms with Gasteiger partial charge in [0.05, 0.1) is 12.2 Å². The molecule has 81 heavy (non-hydrogen) atoms. The van der Waals surface area contributed by atoms with Crippen LogP contribution in [0.25, 0.3) is 0 Å². The number of ether oxygens (including phenoxy) is 1. The lowest BCUT2D eigenvalue weighted by molar-refractivity contribution is -0.0247. The second kappa shape index (κ2) is 24.9. The number of hydrogen-bond donors (Lipinski definition) is 6. The average molecular weight is 1120 g/mol. The minimum Gasteiger partial charge on any atom is -0.374 e. The molecule has 0 spiro atoms. The normalized spacial score (nSPS) is 53.1. The van der Waals surface area contributed by atoms with E-state index in [1.54, 1.807) is 38.5 Å². The molecule has 27 atom stereocenters. The lowest BCUT2D eigenvalue weighted by Crippen LogP contribution is -2.55. The molecule has 0 aromatic carbocycles. The van der Waals surface area contributed by atoms with E-state index in [9.17, 15) is 0 Å². The number of likely N-dealkylation sites (tertiary alicyclic amines) is 2. The van der Waals surface area contributed by atoms with Gasteiger partial charge in [-0.05, 0) is 268 Å². The SMILES string of the molecule is C1CCC(N2C3CCC(C4CCC5OC6CCC(N7C8CCC(C9CCCC(C%10CNCCN%10)C9)CC8C8CC(C9CCCCC9C9CNCCN9)CCC87)CC6C5C4)CC3C3CC(C4CCCCC4C4CNCCN4)CCC32)CC1. The van der Waals surface area contributed by atoms with Crippen LogP contribution < -0.4 is 31.9 Å². The lowest BCUT2D eigenvalue weighted by atomic mass is 9.59. The van der Waals surface area contributed by atoms with E-state index in [1.165, 1.54) is 225 Å². The molecule has 9 heteroatoms. The van der Waals surface area contributed by atoms with Gasteiger partial charge in [-0.1, -0.05) is 57.8 Å². The first-order valence-corrected chi connectivity index (χ1v) is 37.7. The summed E-state index contributed by atoms with van der Waals surface area (Å²) in [5, 5.41) is 23.6. The van der Waals surface area contributed by atoms with Crippen molar-refractivity contribution in [3.05, 3.63) is 0 Å². The first-order chi connectivity index (χ1) is 40.1. The summed E-state index contributed by atoms with van der Waals surface area (Å²) in [6, 6.07) is 7.41. The summed E-state index contributed by atoms with van der Waals surface area (Å²) in [6.45, 7) is 10.6. The van der Waals surface area contributed by atoms with Crippen LogP contribution in [0.3, 0.4) is 0 Å². The highest BCUT2D eigenvalue weighted by Gasteiger charge is 2.60. The summed E-state index contributed by atoms with van der Waals surface area (Å²) >= 11 is 0. The first kappa shape index (κ1) is 55.9. The molecule has 0 aromatic rings. The van der Waals surface area contributed by atoms with E-state index in [1.807, 2.05) is 0 Å². The maximum atomic E-state index is 7.40. The van der Waals surface area contributed by atoms with E-state index >= 15 is 0 Å². The number of fused-ring (bicyclic) bond motifs is 9. The molecule has 27 unspecified atom stereocenters. The summed E-state index contributed by atoms with van der Waals surface area (Å²) < 4.78 is 7.40. The van der Waals surface area contributed by atoms with Crippen LogP contribution in [0.2, 0.25) is 0 Å². The maximum Gasteiger partial charge on any atom is 0.0612 e. The molecule has 9 nitrogen and oxygen atoms in total. The molecule has 0 aromatic heterocycles. The molecular weight excluding hydrogens is 993 g/mol. The van der Waals surface area contributed by atoms with Crippen LogP contribution in [0.4, 0.5) is 0 Å². The van der Waals surface area contributed by atoms with Crippen molar-refractivity contribution in [3.8, 4) is 0 Å². The molecule has 0 radical (unpaired) electrons. The zero-order valence-corrected chi connectivity index (χ0v) is 51.6. The van der Waals surface area contributed by atoms with Gasteiger partial charge in [-0.15, -0.1) is 0 Å². The van der Waals surface area contributed by atoms with E-state index < -0.39 is 0 Å². The Morgan fingerprint density at radius 2 is 0.654 bits per heavy atom. The van der Waals surface area contributed by atoms with Gasteiger partial charge in [-0.2, -0.15) is 0 Å². The summed E-state index contributed by atoms with van der Waals surface area (Å²) in [6.07, 6.45) is 53.9. The van der Waals surface area contributed by atoms with Gasteiger partial charge in [-0.3, -0.25) is 9.80 Å². The summed E-state index contributed by atoms with van der Waals surface area (Å²) in [4.78, 5) is 6.80. The molecule has 10 saturated carbocycles. The smallest absolute Gasteiger partial charge is 0.0612 e. The van der Waals surface area contributed by atoms with Gasteiger partial charge in [0.1, 0.15) is 0 Å². The monoisotopic (exact) mass is 1110 g/mol. The third kappa shape index (κ3) is 10.9. The van der Waals surface area contributed by atoms with Gasteiger partial charge in [0, 0.05) is 113 Å². The van der Waals surface area contributed by atoms with Crippen LogP contribution in [-0.2, 0) is 4.74 Å². The van der Waals surface area contributed by atoms with Gasteiger partial charge >= 0.3 is 0 Å². The summed E-state index contributed by atoms with van der Waals surface area (Å²) in [5.74, 6) is 16.0. The summed E-state index contributed by atoms with van der Waals surface area (Å²) in [5.41, 5.74) is 0. The zero-order chi connectivity index (χ0) is 53.4. The van der Waals surface area contributed by atoms with Crippen molar-refractivity contribution in [2.45, 2.75) is 291 Å². The van der Waals surface area contributed by atoms with Gasteiger partial charge < -0.3 is 36.6 Å². The highest BCUT2D eigenvalue weighted by atomic mass is 16.5. The van der Waals surface area contributed by atoms with Crippen molar-refractivity contribution in [1.29, 1.82) is 0 Å². The van der Waals surface area contributed by atoms with Gasteiger partial charge in [0.15, 0.2) is 0 Å². The molecule has 0 bridgehead atoms. The fourth-order valence-electron chi connectivity index (χ4n) is 26.9. The second-order valence-electron chi connectivity index (χ2n) is 33.2. The van der Waals surface area contributed by atoms with E-state index in [4.69, 9.17) is 4.74 Å². The molecule has 6 aliphatic heterocycles. The second-order valence-corrected chi connectivity index (χ2v) is 33.2. The number of piperazine rings is 3. The minimum absolute atomic E-state index is 0.563. The van der Waals surface area contributed by atoms with Crippen molar-refractivity contribution in [1.82, 2.24) is 41.7 Å².